The van der Waals surface area contributed by atoms with Crippen molar-refractivity contribution in [1.82, 2.24) is 0 Å². The maximum absolute atomic E-state index is 3.88. The molecule has 0 atom stereocenters. The van der Waals surface area contributed by atoms with Crippen LogP contribution < -0.4 is 0 Å². The molecule has 0 unspecified atom stereocenters. The van der Waals surface area contributed by atoms with Crippen molar-refractivity contribution < 1.29 is 0 Å². The SMILES string of the molecule is C=C/C=C(\C(C=C)=C(C)C)c1ccccc1. The second kappa shape index (κ2) is 5.92. The van der Waals surface area contributed by atoms with E-state index in [1.165, 1.54) is 22.3 Å². The summed E-state index contributed by atoms with van der Waals surface area (Å²) in [5.74, 6) is 0. The molecule has 0 amide bonds. The van der Waals surface area contributed by atoms with Crippen molar-refractivity contribution in [2.24, 2.45) is 0 Å². The summed E-state index contributed by atoms with van der Waals surface area (Å²) < 4.78 is 0. The molecule has 0 spiro atoms. The fourth-order valence-electron chi connectivity index (χ4n) is 1.66. The smallest absolute Gasteiger partial charge is 0.0113 e. The molecule has 0 N–H and O–H groups in total. The van der Waals surface area contributed by atoms with E-state index in [1.54, 1.807) is 0 Å². The molecule has 1 aromatic rings. The van der Waals surface area contributed by atoms with Crippen LogP contribution in [0.4, 0.5) is 0 Å². The molecule has 0 nitrogen and oxygen atoms in total. The van der Waals surface area contributed by atoms with Crippen LogP contribution in [0.5, 0.6) is 0 Å². The summed E-state index contributed by atoms with van der Waals surface area (Å²) in [6.45, 7) is 11.8. The van der Waals surface area contributed by atoms with Crippen molar-refractivity contribution in [1.29, 1.82) is 0 Å². The van der Waals surface area contributed by atoms with Gasteiger partial charge in [-0.05, 0) is 30.6 Å². The van der Waals surface area contributed by atoms with E-state index < -0.39 is 0 Å². The molecular formula is C16H18. The van der Waals surface area contributed by atoms with Crippen LogP contribution in [-0.2, 0) is 0 Å². The van der Waals surface area contributed by atoms with Crippen LogP contribution in [0.15, 0.2) is 72.9 Å². The predicted octanol–water partition coefficient (Wildman–Crippen LogP) is 4.78. The molecule has 16 heavy (non-hydrogen) atoms. The molecule has 0 radical (unpaired) electrons. The molecule has 0 saturated carbocycles. The zero-order chi connectivity index (χ0) is 12.0. The number of hydrogen-bond acceptors (Lipinski definition) is 0. The molecule has 0 saturated heterocycles. The molecule has 0 bridgehead atoms. The third-order valence-corrected chi connectivity index (χ3v) is 2.40. The van der Waals surface area contributed by atoms with E-state index in [-0.39, 0.29) is 0 Å². The lowest BCUT2D eigenvalue weighted by atomic mass is 9.94. The molecular weight excluding hydrogens is 192 g/mol. The number of benzene rings is 1. The maximum Gasteiger partial charge on any atom is -0.0113 e. The Morgan fingerprint density at radius 3 is 2.12 bits per heavy atom. The molecule has 0 aromatic heterocycles. The monoisotopic (exact) mass is 210 g/mol. The first kappa shape index (κ1) is 12.3. The summed E-state index contributed by atoms with van der Waals surface area (Å²) in [6, 6.07) is 10.3. The van der Waals surface area contributed by atoms with Crippen LogP contribution in [0.2, 0.25) is 0 Å². The fourth-order valence-corrected chi connectivity index (χ4v) is 1.66. The van der Waals surface area contributed by atoms with Gasteiger partial charge in [-0.2, -0.15) is 0 Å². The Labute approximate surface area is 98.3 Å². The molecule has 0 aliphatic rings. The van der Waals surface area contributed by atoms with Crippen molar-refractivity contribution in [3.05, 3.63) is 78.4 Å². The number of allylic oxidation sites excluding steroid dienone is 6. The van der Waals surface area contributed by atoms with Gasteiger partial charge < -0.3 is 0 Å². The van der Waals surface area contributed by atoms with Crippen molar-refractivity contribution in [3.63, 3.8) is 0 Å². The van der Waals surface area contributed by atoms with E-state index >= 15 is 0 Å². The second-order valence-corrected chi connectivity index (χ2v) is 3.80. The van der Waals surface area contributed by atoms with Gasteiger partial charge >= 0.3 is 0 Å². The highest BCUT2D eigenvalue weighted by molar-refractivity contribution is 5.83. The van der Waals surface area contributed by atoms with Crippen molar-refractivity contribution in [3.8, 4) is 0 Å². The van der Waals surface area contributed by atoms with Crippen LogP contribution in [0.3, 0.4) is 0 Å². The van der Waals surface area contributed by atoms with E-state index in [1.807, 2.05) is 36.4 Å². The minimum atomic E-state index is 1.17. The van der Waals surface area contributed by atoms with Gasteiger partial charge in [-0.1, -0.05) is 67.3 Å². The van der Waals surface area contributed by atoms with E-state index in [0.29, 0.717) is 0 Å². The summed E-state index contributed by atoms with van der Waals surface area (Å²) in [7, 11) is 0. The highest BCUT2D eigenvalue weighted by Gasteiger charge is 2.05. The van der Waals surface area contributed by atoms with E-state index in [0.717, 1.165) is 0 Å². The summed E-state index contributed by atoms with van der Waals surface area (Å²) >= 11 is 0. The first-order chi connectivity index (χ1) is 7.70. The molecule has 1 aromatic carbocycles. The predicted molar refractivity (Wildman–Crippen MR) is 73.2 cm³/mol. The molecule has 0 heterocycles. The quantitative estimate of drug-likeness (QED) is 0.627. The van der Waals surface area contributed by atoms with Gasteiger partial charge in [-0.25, -0.2) is 0 Å². The Morgan fingerprint density at radius 1 is 1.06 bits per heavy atom. The van der Waals surface area contributed by atoms with Gasteiger partial charge in [0.05, 0.1) is 0 Å². The molecule has 0 aliphatic heterocycles. The highest BCUT2D eigenvalue weighted by atomic mass is 14.1. The Balaban J connectivity index is 3.32. The molecule has 0 aliphatic carbocycles. The lowest BCUT2D eigenvalue weighted by molar-refractivity contribution is 1.34. The summed E-state index contributed by atoms with van der Waals surface area (Å²) in [6.07, 6.45) is 5.74. The van der Waals surface area contributed by atoms with E-state index in [2.05, 4.69) is 39.1 Å². The van der Waals surface area contributed by atoms with Crippen LogP contribution >= 0.6 is 0 Å². The van der Waals surface area contributed by atoms with Crippen LogP contribution in [0.25, 0.3) is 5.57 Å². The fraction of sp³-hybridized carbons (Fsp3) is 0.125. The third-order valence-electron chi connectivity index (χ3n) is 2.40. The van der Waals surface area contributed by atoms with E-state index in [4.69, 9.17) is 0 Å². The first-order valence-electron chi connectivity index (χ1n) is 5.39. The molecule has 0 heteroatoms. The zero-order valence-corrected chi connectivity index (χ0v) is 10.0. The standard InChI is InChI=1S/C16H18/c1-5-10-16(15(6-2)13(3)4)14-11-8-7-9-12-14/h5-12H,1-2H2,3-4H3/b16-10-. The van der Waals surface area contributed by atoms with Gasteiger partial charge in [-0.3, -0.25) is 0 Å². The van der Waals surface area contributed by atoms with Crippen molar-refractivity contribution >= 4 is 5.57 Å². The first-order valence-corrected chi connectivity index (χ1v) is 5.39. The maximum atomic E-state index is 3.88. The van der Waals surface area contributed by atoms with Crippen LogP contribution in [0.1, 0.15) is 19.4 Å². The van der Waals surface area contributed by atoms with Crippen molar-refractivity contribution in [2.45, 2.75) is 13.8 Å². The number of rotatable bonds is 4. The van der Waals surface area contributed by atoms with Crippen molar-refractivity contribution in [2.75, 3.05) is 0 Å². The Hall–Kier alpha value is -1.82. The highest BCUT2D eigenvalue weighted by Crippen LogP contribution is 2.26. The third kappa shape index (κ3) is 2.83. The molecule has 0 fully saturated rings. The lowest BCUT2D eigenvalue weighted by Crippen LogP contribution is -1.89. The summed E-state index contributed by atoms with van der Waals surface area (Å²) in [5, 5.41) is 0. The summed E-state index contributed by atoms with van der Waals surface area (Å²) in [5.41, 5.74) is 4.79. The minimum absolute atomic E-state index is 1.17. The number of hydrogen-bond donors (Lipinski definition) is 0. The zero-order valence-electron chi connectivity index (χ0n) is 10.0. The largest absolute Gasteiger partial charge is 0.0990 e. The second-order valence-electron chi connectivity index (χ2n) is 3.80. The Morgan fingerprint density at radius 2 is 1.69 bits per heavy atom. The van der Waals surface area contributed by atoms with Gasteiger partial charge in [0, 0.05) is 0 Å². The average Bonchev–Trinajstić information content (AvgIpc) is 2.29. The molecule has 82 valence electrons. The minimum Gasteiger partial charge on any atom is -0.0990 e. The van der Waals surface area contributed by atoms with Crippen LogP contribution in [-0.4, -0.2) is 0 Å². The normalized spacial score (nSPS) is 10.8. The van der Waals surface area contributed by atoms with Gasteiger partial charge in [0.2, 0.25) is 0 Å². The van der Waals surface area contributed by atoms with E-state index in [9.17, 15) is 0 Å². The average molecular weight is 210 g/mol. The Bertz CT molecular complexity index is 426. The van der Waals surface area contributed by atoms with Gasteiger partial charge in [-0.15, -0.1) is 0 Å². The Kier molecular flexibility index (Phi) is 4.53. The van der Waals surface area contributed by atoms with Gasteiger partial charge in [0.25, 0.3) is 0 Å². The van der Waals surface area contributed by atoms with Gasteiger partial charge in [0.15, 0.2) is 0 Å². The van der Waals surface area contributed by atoms with Gasteiger partial charge in [0.1, 0.15) is 0 Å². The lowest BCUT2D eigenvalue weighted by Gasteiger charge is -2.10. The summed E-state index contributed by atoms with van der Waals surface area (Å²) in [4.78, 5) is 0. The molecule has 1 rings (SSSR count). The topological polar surface area (TPSA) is 0 Å². The van der Waals surface area contributed by atoms with Crippen LogP contribution in [0, 0.1) is 0 Å².